The standard InChI is InChI=1S/C19H14BrN3O/c1-24-17-8-6-14(7-9-17)13-2-4-15(5-3-13)18-12-23-11-16(20)10-21-19(23)22-18/h2-12H,1H3. The minimum absolute atomic E-state index is 0.687. The van der Waals surface area contributed by atoms with Crippen LogP contribution in [-0.2, 0) is 0 Å². The fourth-order valence-electron chi connectivity index (χ4n) is 2.62. The summed E-state index contributed by atoms with van der Waals surface area (Å²) in [5, 5.41) is 0. The average Bonchev–Trinajstić information content (AvgIpc) is 3.05. The van der Waals surface area contributed by atoms with Crippen LogP contribution < -0.4 is 4.74 Å². The molecule has 2 aromatic heterocycles. The monoisotopic (exact) mass is 379 g/mol. The predicted octanol–water partition coefficient (Wildman–Crippen LogP) is 4.83. The van der Waals surface area contributed by atoms with Crippen molar-refractivity contribution in [3.63, 3.8) is 0 Å². The lowest BCUT2D eigenvalue weighted by Gasteiger charge is -2.04. The maximum Gasteiger partial charge on any atom is 0.234 e. The third-order valence-electron chi connectivity index (χ3n) is 3.88. The molecule has 0 aliphatic heterocycles. The van der Waals surface area contributed by atoms with Crippen LogP contribution in [0.15, 0.2) is 71.6 Å². The van der Waals surface area contributed by atoms with Gasteiger partial charge in [-0.3, -0.25) is 4.40 Å². The van der Waals surface area contributed by atoms with Crippen molar-refractivity contribution in [1.82, 2.24) is 14.4 Å². The highest BCUT2D eigenvalue weighted by atomic mass is 79.9. The Morgan fingerprint density at radius 1 is 0.875 bits per heavy atom. The Hall–Kier alpha value is -2.66. The van der Waals surface area contributed by atoms with E-state index in [-0.39, 0.29) is 0 Å². The molecule has 0 saturated carbocycles. The molecule has 0 fully saturated rings. The summed E-state index contributed by atoms with van der Waals surface area (Å²) in [5.74, 6) is 1.55. The van der Waals surface area contributed by atoms with E-state index in [4.69, 9.17) is 4.74 Å². The topological polar surface area (TPSA) is 39.4 Å². The van der Waals surface area contributed by atoms with Crippen LogP contribution in [-0.4, -0.2) is 21.5 Å². The van der Waals surface area contributed by atoms with Gasteiger partial charge in [0.1, 0.15) is 5.75 Å². The summed E-state index contributed by atoms with van der Waals surface area (Å²) in [6.07, 6.45) is 5.68. The van der Waals surface area contributed by atoms with Crippen molar-refractivity contribution in [3.8, 4) is 28.1 Å². The largest absolute Gasteiger partial charge is 0.497 e. The summed E-state index contributed by atoms with van der Waals surface area (Å²) < 4.78 is 8.04. The van der Waals surface area contributed by atoms with E-state index in [1.165, 1.54) is 0 Å². The SMILES string of the molecule is COc1ccc(-c2ccc(-c3cn4cc(Br)cnc4n3)cc2)cc1. The summed E-state index contributed by atoms with van der Waals surface area (Å²) in [6, 6.07) is 16.4. The minimum atomic E-state index is 0.687. The number of hydrogen-bond acceptors (Lipinski definition) is 3. The Morgan fingerprint density at radius 2 is 1.50 bits per heavy atom. The van der Waals surface area contributed by atoms with Gasteiger partial charge in [0.15, 0.2) is 0 Å². The molecule has 118 valence electrons. The summed E-state index contributed by atoms with van der Waals surface area (Å²) >= 11 is 3.42. The molecule has 0 aliphatic carbocycles. The highest BCUT2D eigenvalue weighted by molar-refractivity contribution is 9.10. The van der Waals surface area contributed by atoms with E-state index in [1.54, 1.807) is 13.3 Å². The van der Waals surface area contributed by atoms with Crippen LogP contribution >= 0.6 is 15.9 Å². The van der Waals surface area contributed by atoms with Crippen LogP contribution in [0.1, 0.15) is 0 Å². The zero-order chi connectivity index (χ0) is 16.5. The molecule has 0 aliphatic rings. The molecule has 0 unspecified atom stereocenters. The van der Waals surface area contributed by atoms with Crippen LogP contribution in [0.2, 0.25) is 0 Å². The van der Waals surface area contributed by atoms with Gasteiger partial charge in [-0.25, -0.2) is 9.97 Å². The van der Waals surface area contributed by atoms with Crippen LogP contribution in [0.25, 0.3) is 28.2 Å². The fourth-order valence-corrected chi connectivity index (χ4v) is 2.94. The van der Waals surface area contributed by atoms with E-state index in [1.807, 2.05) is 28.9 Å². The smallest absolute Gasteiger partial charge is 0.234 e. The summed E-state index contributed by atoms with van der Waals surface area (Å²) in [4.78, 5) is 8.87. The molecule has 2 heterocycles. The van der Waals surface area contributed by atoms with Crippen LogP contribution in [0.4, 0.5) is 0 Å². The summed E-state index contributed by atoms with van der Waals surface area (Å²) in [7, 11) is 1.67. The lowest BCUT2D eigenvalue weighted by Crippen LogP contribution is -1.85. The number of aromatic nitrogens is 3. The maximum absolute atomic E-state index is 5.20. The van der Waals surface area contributed by atoms with Gasteiger partial charge in [-0.2, -0.15) is 0 Å². The molecule has 4 nitrogen and oxygen atoms in total. The van der Waals surface area contributed by atoms with Gasteiger partial charge < -0.3 is 4.74 Å². The first-order valence-corrected chi connectivity index (χ1v) is 8.27. The summed E-state index contributed by atoms with van der Waals surface area (Å²) in [6.45, 7) is 0. The van der Waals surface area contributed by atoms with Crippen molar-refractivity contribution in [2.45, 2.75) is 0 Å². The number of imidazole rings is 1. The number of rotatable bonds is 3. The van der Waals surface area contributed by atoms with Gasteiger partial charge in [0.25, 0.3) is 0 Å². The highest BCUT2D eigenvalue weighted by Gasteiger charge is 2.06. The van der Waals surface area contributed by atoms with Crippen LogP contribution in [0.5, 0.6) is 5.75 Å². The summed E-state index contributed by atoms with van der Waals surface area (Å²) in [5.41, 5.74) is 4.28. The van der Waals surface area contributed by atoms with Crippen molar-refractivity contribution in [3.05, 3.63) is 71.6 Å². The van der Waals surface area contributed by atoms with E-state index in [9.17, 15) is 0 Å². The lowest BCUT2D eigenvalue weighted by molar-refractivity contribution is 0.415. The molecular weight excluding hydrogens is 366 g/mol. The van der Waals surface area contributed by atoms with Crippen molar-refractivity contribution >= 4 is 21.7 Å². The van der Waals surface area contributed by atoms with E-state index >= 15 is 0 Å². The molecule has 0 atom stereocenters. The molecule has 2 aromatic carbocycles. The molecule has 4 rings (SSSR count). The number of nitrogens with zero attached hydrogens (tertiary/aromatic N) is 3. The highest BCUT2D eigenvalue weighted by Crippen LogP contribution is 2.26. The normalized spacial score (nSPS) is 10.9. The van der Waals surface area contributed by atoms with E-state index in [0.29, 0.717) is 5.78 Å². The molecule has 5 heteroatoms. The quantitative estimate of drug-likeness (QED) is 0.511. The second kappa shape index (κ2) is 6.09. The number of hydrogen-bond donors (Lipinski definition) is 0. The number of fused-ring (bicyclic) bond motifs is 1. The Morgan fingerprint density at radius 3 is 2.17 bits per heavy atom. The molecule has 0 spiro atoms. The van der Waals surface area contributed by atoms with Gasteiger partial charge in [-0.15, -0.1) is 0 Å². The molecule has 0 saturated heterocycles. The minimum Gasteiger partial charge on any atom is -0.497 e. The first-order chi connectivity index (χ1) is 11.7. The van der Waals surface area contributed by atoms with E-state index in [0.717, 1.165) is 32.6 Å². The van der Waals surface area contributed by atoms with Crippen LogP contribution in [0.3, 0.4) is 0 Å². The van der Waals surface area contributed by atoms with Gasteiger partial charge in [0, 0.05) is 24.2 Å². The Bertz CT molecular complexity index is 991. The van der Waals surface area contributed by atoms with Gasteiger partial charge in [-0.1, -0.05) is 36.4 Å². The van der Waals surface area contributed by atoms with E-state index < -0.39 is 0 Å². The van der Waals surface area contributed by atoms with Crippen molar-refractivity contribution < 1.29 is 4.74 Å². The number of methoxy groups -OCH3 is 1. The second-order valence-electron chi connectivity index (χ2n) is 5.41. The maximum atomic E-state index is 5.20. The fraction of sp³-hybridized carbons (Fsp3) is 0.0526. The van der Waals surface area contributed by atoms with Gasteiger partial charge in [0.05, 0.1) is 17.3 Å². The average molecular weight is 380 g/mol. The first-order valence-electron chi connectivity index (χ1n) is 7.48. The molecule has 4 aromatic rings. The lowest BCUT2D eigenvalue weighted by atomic mass is 10.0. The molecule has 0 amide bonds. The third kappa shape index (κ3) is 2.78. The van der Waals surface area contributed by atoms with Gasteiger partial charge in [0.2, 0.25) is 5.78 Å². The second-order valence-corrected chi connectivity index (χ2v) is 6.33. The molecule has 24 heavy (non-hydrogen) atoms. The number of benzene rings is 2. The van der Waals surface area contributed by atoms with Crippen LogP contribution in [0, 0.1) is 0 Å². The van der Waals surface area contributed by atoms with Crippen molar-refractivity contribution in [1.29, 1.82) is 0 Å². The third-order valence-corrected chi connectivity index (χ3v) is 4.29. The molecule has 0 radical (unpaired) electrons. The van der Waals surface area contributed by atoms with E-state index in [2.05, 4.69) is 62.3 Å². The predicted molar refractivity (Wildman–Crippen MR) is 98.1 cm³/mol. The van der Waals surface area contributed by atoms with Gasteiger partial charge in [-0.05, 0) is 39.2 Å². The molecule has 0 bridgehead atoms. The molecular formula is C19H14BrN3O. The van der Waals surface area contributed by atoms with Gasteiger partial charge >= 0.3 is 0 Å². The molecule has 0 N–H and O–H groups in total. The Balaban J connectivity index is 1.66. The number of ether oxygens (including phenoxy) is 1. The first kappa shape index (κ1) is 14.9. The zero-order valence-electron chi connectivity index (χ0n) is 13.0. The Labute approximate surface area is 147 Å². The zero-order valence-corrected chi connectivity index (χ0v) is 14.6. The Kier molecular flexibility index (Phi) is 3.78. The van der Waals surface area contributed by atoms with Crippen molar-refractivity contribution in [2.75, 3.05) is 7.11 Å². The van der Waals surface area contributed by atoms with Crippen molar-refractivity contribution in [2.24, 2.45) is 0 Å². The number of halogens is 1.